The molecule has 0 spiro atoms. The molecule has 0 aliphatic heterocycles. The van der Waals surface area contributed by atoms with Crippen LogP contribution in [0.15, 0.2) is 6.20 Å². The van der Waals surface area contributed by atoms with Crippen LogP contribution < -0.4 is 5.73 Å². The number of aromatic nitrogens is 2. The van der Waals surface area contributed by atoms with E-state index in [4.69, 9.17) is 10.7 Å². The largest absolute Gasteiger partial charge is 0.332 e. The molecule has 0 radical (unpaired) electrons. The standard InChI is InChI=1S/C17H27N3/c1-2-20-15(3-4-18)11-19-16(20)17-8-12-5-13(9-17)7-14(6-12)10-17/h11-14H,2-10,18H2,1H3. The summed E-state index contributed by atoms with van der Waals surface area (Å²) < 4.78 is 2.49. The van der Waals surface area contributed by atoms with Crippen molar-refractivity contribution in [3.8, 4) is 0 Å². The Bertz CT molecular complexity index is 467. The van der Waals surface area contributed by atoms with Crippen LogP contribution in [-0.4, -0.2) is 16.1 Å². The minimum Gasteiger partial charge on any atom is -0.332 e. The fourth-order valence-electron chi connectivity index (χ4n) is 5.92. The van der Waals surface area contributed by atoms with Gasteiger partial charge in [-0.3, -0.25) is 0 Å². The van der Waals surface area contributed by atoms with Gasteiger partial charge in [-0.05, 0) is 69.7 Å². The highest BCUT2D eigenvalue weighted by Crippen LogP contribution is 2.60. The Morgan fingerprint density at radius 1 is 1.20 bits per heavy atom. The minimum absolute atomic E-state index is 0.414. The molecule has 0 aromatic carbocycles. The highest BCUT2D eigenvalue weighted by atomic mass is 15.1. The van der Waals surface area contributed by atoms with Crippen LogP contribution in [0, 0.1) is 17.8 Å². The molecule has 0 atom stereocenters. The molecular weight excluding hydrogens is 246 g/mol. The van der Waals surface area contributed by atoms with Crippen molar-refractivity contribution in [2.24, 2.45) is 23.5 Å². The van der Waals surface area contributed by atoms with E-state index in [1.54, 1.807) is 0 Å². The zero-order valence-electron chi connectivity index (χ0n) is 12.6. The zero-order chi connectivity index (χ0) is 13.7. The maximum absolute atomic E-state index is 5.76. The van der Waals surface area contributed by atoms with Gasteiger partial charge in [0.2, 0.25) is 0 Å². The first kappa shape index (κ1) is 12.9. The lowest BCUT2D eigenvalue weighted by Crippen LogP contribution is -2.49. The van der Waals surface area contributed by atoms with Gasteiger partial charge in [-0.25, -0.2) is 4.98 Å². The number of imidazole rings is 1. The van der Waals surface area contributed by atoms with E-state index in [0.29, 0.717) is 5.41 Å². The Balaban J connectivity index is 1.73. The monoisotopic (exact) mass is 273 g/mol. The van der Waals surface area contributed by atoms with Crippen LogP contribution in [0.5, 0.6) is 0 Å². The zero-order valence-corrected chi connectivity index (χ0v) is 12.6. The summed E-state index contributed by atoms with van der Waals surface area (Å²) in [5.74, 6) is 4.37. The van der Waals surface area contributed by atoms with Crippen LogP contribution in [0.25, 0.3) is 0 Å². The van der Waals surface area contributed by atoms with Gasteiger partial charge in [-0.1, -0.05) is 0 Å². The summed E-state index contributed by atoms with van der Waals surface area (Å²) in [6.07, 6.45) is 11.8. The van der Waals surface area contributed by atoms with Gasteiger partial charge in [0.15, 0.2) is 0 Å². The maximum atomic E-state index is 5.76. The van der Waals surface area contributed by atoms with Gasteiger partial charge < -0.3 is 10.3 Å². The molecule has 1 aromatic rings. The number of nitrogens with zero attached hydrogens (tertiary/aromatic N) is 2. The van der Waals surface area contributed by atoms with Gasteiger partial charge in [-0.15, -0.1) is 0 Å². The summed E-state index contributed by atoms with van der Waals surface area (Å²) in [5.41, 5.74) is 7.52. The Hall–Kier alpha value is -0.830. The van der Waals surface area contributed by atoms with Crippen molar-refractivity contribution in [1.29, 1.82) is 0 Å². The van der Waals surface area contributed by atoms with Gasteiger partial charge in [0.05, 0.1) is 0 Å². The molecule has 110 valence electrons. The molecular formula is C17H27N3. The van der Waals surface area contributed by atoms with Gasteiger partial charge in [0, 0.05) is 30.3 Å². The van der Waals surface area contributed by atoms with E-state index in [1.165, 1.54) is 50.0 Å². The fraction of sp³-hybridized carbons (Fsp3) is 0.824. The van der Waals surface area contributed by atoms with E-state index in [9.17, 15) is 0 Å². The SMILES string of the molecule is CCn1c(CCN)cnc1C12CC3CC(CC(C3)C1)C2. The summed E-state index contributed by atoms with van der Waals surface area (Å²) >= 11 is 0. The Kier molecular flexibility index (Phi) is 2.95. The van der Waals surface area contributed by atoms with Crippen LogP contribution in [0.3, 0.4) is 0 Å². The second kappa shape index (κ2) is 4.59. The molecule has 5 rings (SSSR count). The van der Waals surface area contributed by atoms with Gasteiger partial charge in [0.1, 0.15) is 5.82 Å². The van der Waals surface area contributed by atoms with Crippen molar-refractivity contribution in [2.75, 3.05) is 6.54 Å². The summed E-state index contributed by atoms with van der Waals surface area (Å²) in [6, 6.07) is 0. The van der Waals surface area contributed by atoms with E-state index >= 15 is 0 Å². The first-order chi connectivity index (χ1) is 9.74. The summed E-state index contributed by atoms with van der Waals surface area (Å²) in [4.78, 5) is 4.90. The quantitative estimate of drug-likeness (QED) is 0.916. The van der Waals surface area contributed by atoms with Crippen molar-refractivity contribution < 1.29 is 0 Å². The second-order valence-corrected chi connectivity index (χ2v) is 7.55. The third-order valence-corrected chi connectivity index (χ3v) is 6.17. The lowest BCUT2D eigenvalue weighted by molar-refractivity contribution is -0.0110. The Labute approximate surface area is 122 Å². The Morgan fingerprint density at radius 3 is 2.30 bits per heavy atom. The van der Waals surface area contributed by atoms with Crippen LogP contribution in [0.1, 0.15) is 57.0 Å². The van der Waals surface area contributed by atoms with Crippen LogP contribution in [0.4, 0.5) is 0 Å². The van der Waals surface area contributed by atoms with Crippen LogP contribution in [-0.2, 0) is 18.4 Å². The predicted octanol–water partition coefficient (Wildman–Crippen LogP) is 2.87. The molecule has 20 heavy (non-hydrogen) atoms. The van der Waals surface area contributed by atoms with Crippen LogP contribution in [0.2, 0.25) is 0 Å². The van der Waals surface area contributed by atoms with E-state index in [-0.39, 0.29) is 0 Å². The highest BCUT2D eigenvalue weighted by Gasteiger charge is 2.53. The fourth-order valence-corrected chi connectivity index (χ4v) is 5.92. The van der Waals surface area contributed by atoms with E-state index in [2.05, 4.69) is 17.7 Å². The summed E-state index contributed by atoms with van der Waals surface area (Å²) in [5, 5.41) is 0. The van der Waals surface area contributed by atoms with Gasteiger partial charge in [0.25, 0.3) is 0 Å². The molecule has 4 fully saturated rings. The van der Waals surface area contributed by atoms with E-state index < -0.39 is 0 Å². The normalized spacial score (nSPS) is 38.6. The molecule has 0 unspecified atom stereocenters. The highest BCUT2D eigenvalue weighted by molar-refractivity contribution is 5.21. The van der Waals surface area contributed by atoms with Crippen molar-refractivity contribution in [1.82, 2.24) is 9.55 Å². The predicted molar refractivity (Wildman–Crippen MR) is 80.5 cm³/mol. The lowest BCUT2D eigenvalue weighted by Gasteiger charge is -2.56. The van der Waals surface area contributed by atoms with E-state index in [1.807, 2.05) is 0 Å². The number of nitrogens with two attached hydrogens (primary N) is 1. The molecule has 4 aliphatic rings. The van der Waals surface area contributed by atoms with E-state index in [0.717, 1.165) is 37.3 Å². The molecule has 0 saturated heterocycles. The average molecular weight is 273 g/mol. The topological polar surface area (TPSA) is 43.8 Å². The molecule has 4 aliphatic carbocycles. The number of hydrogen-bond donors (Lipinski definition) is 1. The van der Waals surface area contributed by atoms with Crippen molar-refractivity contribution in [3.05, 3.63) is 17.7 Å². The molecule has 4 saturated carbocycles. The molecule has 3 nitrogen and oxygen atoms in total. The minimum atomic E-state index is 0.414. The molecule has 2 N–H and O–H groups in total. The second-order valence-electron chi connectivity index (χ2n) is 7.55. The van der Waals surface area contributed by atoms with Gasteiger partial charge in [-0.2, -0.15) is 0 Å². The molecule has 0 amide bonds. The van der Waals surface area contributed by atoms with Crippen molar-refractivity contribution in [2.45, 2.75) is 63.8 Å². The summed E-state index contributed by atoms with van der Waals surface area (Å²) in [6.45, 7) is 4.03. The summed E-state index contributed by atoms with van der Waals surface area (Å²) in [7, 11) is 0. The maximum Gasteiger partial charge on any atom is 0.115 e. The Morgan fingerprint density at radius 2 is 1.80 bits per heavy atom. The molecule has 4 bridgehead atoms. The number of rotatable bonds is 4. The van der Waals surface area contributed by atoms with Gasteiger partial charge >= 0.3 is 0 Å². The van der Waals surface area contributed by atoms with Crippen LogP contribution >= 0.6 is 0 Å². The third-order valence-electron chi connectivity index (χ3n) is 6.17. The number of hydrogen-bond acceptors (Lipinski definition) is 2. The first-order valence-corrected chi connectivity index (χ1v) is 8.49. The van der Waals surface area contributed by atoms with Crippen molar-refractivity contribution >= 4 is 0 Å². The van der Waals surface area contributed by atoms with Crippen molar-refractivity contribution in [3.63, 3.8) is 0 Å². The molecule has 1 aromatic heterocycles. The lowest BCUT2D eigenvalue weighted by atomic mass is 9.49. The molecule has 3 heteroatoms. The first-order valence-electron chi connectivity index (χ1n) is 8.49. The smallest absolute Gasteiger partial charge is 0.115 e. The molecule has 1 heterocycles. The average Bonchev–Trinajstić information content (AvgIpc) is 2.81. The third kappa shape index (κ3) is 1.78.